The molecule has 0 saturated heterocycles. The third kappa shape index (κ3) is 1.45. The van der Waals surface area contributed by atoms with Crippen molar-refractivity contribution in [1.82, 2.24) is 0 Å². The van der Waals surface area contributed by atoms with Gasteiger partial charge in [-0.15, -0.1) is 0 Å². The van der Waals surface area contributed by atoms with Crippen LogP contribution in [0.5, 0.6) is 0 Å². The maximum absolute atomic E-state index is 5.24. The van der Waals surface area contributed by atoms with Crippen LogP contribution in [0.1, 0.15) is 25.7 Å². The first-order chi connectivity index (χ1) is 4.38. The maximum atomic E-state index is 5.24. The predicted molar refractivity (Wildman–Crippen MR) is 38.1 cm³/mol. The molecular formula is C8H15O. The molecule has 0 aromatic carbocycles. The van der Waals surface area contributed by atoms with Gasteiger partial charge in [-0.05, 0) is 25.2 Å². The molecule has 1 atom stereocenters. The summed E-state index contributed by atoms with van der Waals surface area (Å²) in [5, 5.41) is 0. The average molecular weight is 127 g/mol. The van der Waals surface area contributed by atoms with E-state index in [2.05, 4.69) is 6.92 Å². The average Bonchev–Trinajstić information content (AvgIpc) is 1.78. The molecule has 0 aliphatic heterocycles. The summed E-state index contributed by atoms with van der Waals surface area (Å²) < 4.78 is 5.24. The highest BCUT2D eigenvalue weighted by Gasteiger charge is 2.25. The molecule has 1 saturated carbocycles. The third-order valence-corrected chi connectivity index (χ3v) is 2.26. The Morgan fingerprint density at radius 3 is 2.44 bits per heavy atom. The van der Waals surface area contributed by atoms with E-state index in [9.17, 15) is 0 Å². The Kier molecular flexibility index (Phi) is 2.52. The zero-order chi connectivity index (χ0) is 6.69. The number of rotatable bonds is 3. The normalized spacial score (nSPS) is 23.3. The standard InChI is InChI=1S/C8H15O/c1-3-8(9-2)7-5-4-6-7/h7-8H,1,3-6H2,2H3. The molecule has 1 fully saturated rings. The Morgan fingerprint density at radius 1 is 1.67 bits per heavy atom. The van der Waals surface area contributed by atoms with Crippen molar-refractivity contribution >= 4 is 0 Å². The zero-order valence-corrected chi connectivity index (χ0v) is 6.10. The molecule has 1 rings (SSSR count). The summed E-state index contributed by atoms with van der Waals surface area (Å²) in [5.74, 6) is 0.826. The lowest BCUT2D eigenvalue weighted by atomic mass is 9.80. The van der Waals surface area contributed by atoms with Crippen LogP contribution in [0.3, 0.4) is 0 Å². The first-order valence-electron chi connectivity index (χ1n) is 3.70. The Balaban J connectivity index is 2.19. The Labute approximate surface area is 57.4 Å². The van der Waals surface area contributed by atoms with Crippen LogP contribution in [-0.4, -0.2) is 13.2 Å². The van der Waals surface area contributed by atoms with Crippen molar-refractivity contribution in [1.29, 1.82) is 0 Å². The van der Waals surface area contributed by atoms with E-state index < -0.39 is 0 Å². The predicted octanol–water partition coefficient (Wildman–Crippen LogP) is 2.03. The number of hydrogen-bond donors (Lipinski definition) is 0. The molecule has 1 unspecified atom stereocenters. The van der Waals surface area contributed by atoms with E-state index in [0.29, 0.717) is 6.10 Å². The molecule has 1 nitrogen and oxygen atoms in total. The van der Waals surface area contributed by atoms with Gasteiger partial charge in [-0.25, -0.2) is 0 Å². The molecule has 1 aliphatic carbocycles. The topological polar surface area (TPSA) is 9.23 Å². The summed E-state index contributed by atoms with van der Waals surface area (Å²) in [6.45, 7) is 3.83. The number of hydrogen-bond acceptors (Lipinski definition) is 1. The summed E-state index contributed by atoms with van der Waals surface area (Å²) in [6.07, 6.45) is 5.48. The van der Waals surface area contributed by atoms with Crippen molar-refractivity contribution in [3.05, 3.63) is 6.92 Å². The SMILES string of the molecule is [CH2]CC(OC)C1CCC1. The minimum atomic E-state index is 0.443. The summed E-state index contributed by atoms with van der Waals surface area (Å²) in [4.78, 5) is 0. The van der Waals surface area contributed by atoms with Crippen molar-refractivity contribution in [2.45, 2.75) is 31.8 Å². The lowest BCUT2D eigenvalue weighted by Gasteiger charge is -2.31. The second-order valence-corrected chi connectivity index (χ2v) is 2.75. The van der Waals surface area contributed by atoms with Crippen LogP contribution in [0.15, 0.2) is 0 Å². The second-order valence-electron chi connectivity index (χ2n) is 2.75. The van der Waals surface area contributed by atoms with Gasteiger partial charge in [0.15, 0.2) is 0 Å². The van der Waals surface area contributed by atoms with Crippen LogP contribution < -0.4 is 0 Å². The number of ether oxygens (including phenoxy) is 1. The van der Waals surface area contributed by atoms with Crippen molar-refractivity contribution in [3.8, 4) is 0 Å². The van der Waals surface area contributed by atoms with E-state index in [0.717, 1.165) is 12.3 Å². The van der Waals surface area contributed by atoms with Crippen molar-refractivity contribution in [2.24, 2.45) is 5.92 Å². The van der Waals surface area contributed by atoms with Gasteiger partial charge in [-0.2, -0.15) is 0 Å². The quantitative estimate of drug-likeness (QED) is 0.563. The highest BCUT2D eigenvalue weighted by atomic mass is 16.5. The van der Waals surface area contributed by atoms with Crippen molar-refractivity contribution in [2.75, 3.05) is 7.11 Å². The maximum Gasteiger partial charge on any atom is 0.0599 e. The summed E-state index contributed by atoms with van der Waals surface area (Å²) in [5.41, 5.74) is 0. The van der Waals surface area contributed by atoms with Gasteiger partial charge in [0.05, 0.1) is 6.10 Å². The van der Waals surface area contributed by atoms with E-state index in [4.69, 9.17) is 4.74 Å². The first kappa shape index (κ1) is 7.07. The fourth-order valence-corrected chi connectivity index (χ4v) is 1.36. The van der Waals surface area contributed by atoms with Crippen molar-refractivity contribution < 1.29 is 4.74 Å². The van der Waals surface area contributed by atoms with Gasteiger partial charge in [0.2, 0.25) is 0 Å². The molecule has 0 aromatic rings. The van der Waals surface area contributed by atoms with Crippen LogP contribution >= 0.6 is 0 Å². The lowest BCUT2D eigenvalue weighted by Crippen LogP contribution is -2.27. The molecule has 1 heteroatoms. The van der Waals surface area contributed by atoms with Crippen LogP contribution in [0.2, 0.25) is 0 Å². The van der Waals surface area contributed by atoms with E-state index in [-0.39, 0.29) is 0 Å². The molecule has 0 amide bonds. The van der Waals surface area contributed by atoms with E-state index in [1.807, 2.05) is 0 Å². The molecule has 53 valence electrons. The number of methoxy groups -OCH3 is 1. The largest absolute Gasteiger partial charge is 0.381 e. The summed E-state index contributed by atoms with van der Waals surface area (Å²) in [6, 6.07) is 0. The van der Waals surface area contributed by atoms with E-state index in [1.165, 1.54) is 19.3 Å². The molecule has 0 aromatic heterocycles. The molecule has 0 spiro atoms. The second kappa shape index (κ2) is 3.21. The van der Waals surface area contributed by atoms with Crippen LogP contribution in [0.4, 0.5) is 0 Å². The first-order valence-corrected chi connectivity index (χ1v) is 3.70. The highest BCUT2D eigenvalue weighted by molar-refractivity contribution is 4.78. The minimum Gasteiger partial charge on any atom is -0.381 e. The molecule has 1 aliphatic rings. The van der Waals surface area contributed by atoms with Gasteiger partial charge in [0.25, 0.3) is 0 Å². The lowest BCUT2D eigenvalue weighted by molar-refractivity contribution is 0.0212. The van der Waals surface area contributed by atoms with Crippen LogP contribution in [-0.2, 0) is 4.74 Å². The smallest absolute Gasteiger partial charge is 0.0599 e. The van der Waals surface area contributed by atoms with Gasteiger partial charge < -0.3 is 4.74 Å². The van der Waals surface area contributed by atoms with E-state index >= 15 is 0 Å². The van der Waals surface area contributed by atoms with Crippen LogP contribution in [0, 0.1) is 12.8 Å². The molecular weight excluding hydrogens is 112 g/mol. The van der Waals surface area contributed by atoms with E-state index in [1.54, 1.807) is 7.11 Å². The molecule has 0 bridgehead atoms. The Morgan fingerprint density at radius 2 is 2.33 bits per heavy atom. The van der Waals surface area contributed by atoms with Gasteiger partial charge in [0.1, 0.15) is 0 Å². The summed E-state index contributed by atoms with van der Waals surface area (Å²) in [7, 11) is 1.79. The highest BCUT2D eigenvalue weighted by Crippen LogP contribution is 2.31. The van der Waals surface area contributed by atoms with Crippen molar-refractivity contribution in [3.63, 3.8) is 0 Å². The van der Waals surface area contributed by atoms with Crippen LogP contribution in [0.25, 0.3) is 0 Å². The molecule has 9 heavy (non-hydrogen) atoms. The molecule has 1 radical (unpaired) electrons. The fraction of sp³-hybridized carbons (Fsp3) is 0.875. The minimum absolute atomic E-state index is 0.443. The Bertz CT molecular complexity index is 72.6. The summed E-state index contributed by atoms with van der Waals surface area (Å²) >= 11 is 0. The van der Waals surface area contributed by atoms with Gasteiger partial charge in [0, 0.05) is 7.11 Å². The fourth-order valence-electron chi connectivity index (χ4n) is 1.36. The monoisotopic (exact) mass is 127 g/mol. The molecule has 0 N–H and O–H groups in total. The van der Waals surface area contributed by atoms with Gasteiger partial charge >= 0.3 is 0 Å². The molecule has 0 heterocycles. The van der Waals surface area contributed by atoms with Gasteiger partial charge in [-0.1, -0.05) is 13.3 Å². The Hall–Kier alpha value is -0.0400. The van der Waals surface area contributed by atoms with Gasteiger partial charge in [-0.3, -0.25) is 0 Å². The third-order valence-electron chi connectivity index (χ3n) is 2.26. The zero-order valence-electron chi connectivity index (χ0n) is 6.10.